The van der Waals surface area contributed by atoms with Crippen LogP contribution in [0, 0.1) is 0 Å². The molecular weight excluding hydrogens is 204 g/mol. The van der Waals surface area contributed by atoms with Crippen LogP contribution >= 0.6 is 0 Å². The lowest BCUT2D eigenvalue weighted by Gasteiger charge is -2.18. The average Bonchev–Trinajstić information content (AvgIpc) is 2.63. The molecule has 16 heavy (non-hydrogen) atoms. The van der Waals surface area contributed by atoms with E-state index in [-0.39, 0.29) is 5.88 Å². The van der Waals surface area contributed by atoms with Crippen molar-refractivity contribution in [1.29, 1.82) is 0 Å². The molecule has 1 aromatic heterocycles. The molecule has 2 rings (SSSR count). The Morgan fingerprint density at radius 3 is 2.69 bits per heavy atom. The van der Waals surface area contributed by atoms with E-state index in [9.17, 15) is 5.11 Å². The molecule has 0 atom stereocenters. The van der Waals surface area contributed by atoms with Crippen molar-refractivity contribution in [3.05, 3.63) is 36.0 Å². The molecule has 0 saturated heterocycles. The number of hydrogen-bond donors (Lipinski definition) is 2. The lowest BCUT2D eigenvalue weighted by atomic mass is 9.95. The van der Waals surface area contributed by atoms with Gasteiger partial charge in [0.1, 0.15) is 0 Å². The molecular formula is C12H14N2O2. The van der Waals surface area contributed by atoms with E-state index < -0.39 is 5.60 Å². The zero-order chi connectivity index (χ0) is 11.8. The lowest BCUT2D eigenvalue weighted by molar-refractivity contribution is 0.0786. The lowest BCUT2D eigenvalue weighted by Crippen LogP contribution is -2.15. The summed E-state index contributed by atoms with van der Waals surface area (Å²) in [5.74, 6) is 0.285. The van der Waals surface area contributed by atoms with E-state index >= 15 is 0 Å². The van der Waals surface area contributed by atoms with E-state index in [1.807, 2.05) is 24.3 Å². The van der Waals surface area contributed by atoms with E-state index in [4.69, 9.17) is 10.3 Å². The third kappa shape index (κ3) is 1.92. The van der Waals surface area contributed by atoms with E-state index in [1.54, 1.807) is 20.0 Å². The zero-order valence-corrected chi connectivity index (χ0v) is 9.27. The highest BCUT2D eigenvalue weighted by atomic mass is 16.5. The number of nitrogen functional groups attached to an aromatic ring is 1. The summed E-state index contributed by atoms with van der Waals surface area (Å²) in [6, 6.07) is 7.52. The second kappa shape index (κ2) is 3.64. The molecule has 0 amide bonds. The summed E-state index contributed by atoms with van der Waals surface area (Å²) in [7, 11) is 0. The van der Waals surface area contributed by atoms with Crippen molar-refractivity contribution >= 4 is 5.88 Å². The van der Waals surface area contributed by atoms with Crippen LogP contribution in [0.15, 0.2) is 35.0 Å². The summed E-state index contributed by atoms with van der Waals surface area (Å²) in [4.78, 5) is 0. The van der Waals surface area contributed by atoms with Gasteiger partial charge in [-0.15, -0.1) is 0 Å². The van der Waals surface area contributed by atoms with Crippen LogP contribution < -0.4 is 5.73 Å². The van der Waals surface area contributed by atoms with Gasteiger partial charge < -0.3 is 15.4 Å². The highest BCUT2D eigenvalue weighted by Gasteiger charge is 2.17. The second-order valence-electron chi connectivity index (χ2n) is 4.24. The van der Waals surface area contributed by atoms with E-state index in [0.29, 0.717) is 0 Å². The van der Waals surface area contributed by atoms with Gasteiger partial charge in [0.05, 0.1) is 17.4 Å². The Balaban J connectivity index is 2.49. The topological polar surface area (TPSA) is 72.3 Å². The fraction of sp³-hybridized carbons (Fsp3) is 0.250. The smallest absolute Gasteiger partial charge is 0.229 e. The van der Waals surface area contributed by atoms with Gasteiger partial charge in [0, 0.05) is 0 Å². The predicted octanol–water partition coefficient (Wildman–Crippen LogP) is 2.15. The molecule has 2 aromatic rings. The van der Waals surface area contributed by atoms with E-state index in [1.165, 1.54) is 0 Å². The Bertz CT molecular complexity index is 498. The summed E-state index contributed by atoms with van der Waals surface area (Å²) >= 11 is 0. The maximum Gasteiger partial charge on any atom is 0.229 e. The van der Waals surface area contributed by atoms with Crippen LogP contribution in [-0.2, 0) is 5.60 Å². The minimum Gasteiger partial charge on any atom is -0.386 e. The van der Waals surface area contributed by atoms with Gasteiger partial charge in [-0.1, -0.05) is 23.4 Å². The highest BCUT2D eigenvalue weighted by Crippen LogP contribution is 2.29. The first kappa shape index (κ1) is 10.7. The molecule has 3 N–H and O–H groups in total. The molecule has 0 spiro atoms. The summed E-state index contributed by atoms with van der Waals surface area (Å²) in [6.07, 6.45) is 1.57. The average molecular weight is 218 g/mol. The standard InChI is InChI=1S/C12H14N2O2/c1-12(2,15)9-5-3-4-8(6-9)10-7-14-16-11(10)13/h3-7,15H,13H2,1-2H3. The van der Waals surface area contributed by atoms with Gasteiger partial charge in [-0.05, 0) is 31.0 Å². The van der Waals surface area contributed by atoms with Crippen molar-refractivity contribution < 1.29 is 9.63 Å². The van der Waals surface area contributed by atoms with Crippen molar-refractivity contribution in [3.8, 4) is 11.1 Å². The van der Waals surface area contributed by atoms with Gasteiger partial charge >= 0.3 is 0 Å². The molecule has 0 aliphatic carbocycles. The van der Waals surface area contributed by atoms with Crippen molar-refractivity contribution in [2.75, 3.05) is 5.73 Å². The molecule has 4 heteroatoms. The van der Waals surface area contributed by atoms with Crippen molar-refractivity contribution in [1.82, 2.24) is 5.16 Å². The van der Waals surface area contributed by atoms with Crippen molar-refractivity contribution in [2.24, 2.45) is 0 Å². The molecule has 0 saturated carbocycles. The molecule has 0 fully saturated rings. The van der Waals surface area contributed by atoms with Crippen LogP contribution in [0.2, 0.25) is 0 Å². The summed E-state index contributed by atoms with van der Waals surface area (Å²) < 4.78 is 4.81. The molecule has 1 heterocycles. The summed E-state index contributed by atoms with van der Waals surface area (Å²) in [6.45, 7) is 3.48. The minimum atomic E-state index is -0.873. The second-order valence-corrected chi connectivity index (χ2v) is 4.24. The largest absolute Gasteiger partial charge is 0.386 e. The van der Waals surface area contributed by atoms with E-state index in [2.05, 4.69) is 5.16 Å². The van der Waals surface area contributed by atoms with Crippen LogP contribution in [0.25, 0.3) is 11.1 Å². The molecule has 0 aliphatic rings. The molecule has 84 valence electrons. The van der Waals surface area contributed by atoms with Gasteiger partial charge in [-0.2, -0.15) is 0 Å². The van der Waals surface area contributed by atoms with Crippen LogP contribution in [0.5, 0.6) is 0 Å². The quantitative estimate of drug-likeness (QED) is 0.810. The summed E-state index contributed by atoms with van der Waals surface area (Å²) in [5, 5.41) is 13.5. The van der Waals surface area contributed by atoms with Gasteiger partial charge in [-0.3, -0.25) is 0 Å². The van der Waals surface area contributed by atoms with Gasteiger partial charge in [-0.25, -0.2) is 0 Å². The predicted molar refractivity (Wildman–Crippen MR) is 61.6 cm³/mol. The fourth-order valence-corrected chi connectivity index (χ4v) is 1.53. The Morgan fingerprint density at radius 1 is 1.38 bits per heavy atom. The monoisotopic (exact) mass is 218 g/mol. The SMILES string of the molecule is CC(C)(O)c1cccc(-c2cnoc2N)c1. The number of rotatable bonds is 2. The third-order valence-corrected chi connectivity index (χ3v) is 2.48. The number of hydrogen-bond acceptors (Lipinski definition) is 4. The van der Waals surface area contributed by atoms with Crippen molar-refractivity contribution in [2.45, 2.75) is 19.4 Å². The fourth-order valence-electron chi connectivity index (χ4n) is 1.53. The third-order valence-electron chi connectivity index (χ3n) is 2.48. The molecule has 4 nitrogen and oxygen atoms in total. The number of nitrogens with two attached hydrogens (primary N) is 1. The Morgan fingerprint density at radius 2 is 2.12 bits per heavy atom. The Hall–Kier alpha value is -1.81. The summed E-state index contributed by atoms with van der Waals surface area (Å²) in [5.41, 5.74) is 7.22. The molecule has 0 bridgehead atoms. The Labute approximate surface area is 93.7 Å². The van der Waals surface area contributed by atoms with Crippen LogP contribution in [0.1, 0.15) is 19.4 Å². The van der Waals surface area contributed by atoms with Gasteiger partial charge in [0.15, 0.2) is 0 Å². The number of aliphatic hydroxyl groups is 1. The van der Waals surface area contributed by atoms with Crippen molar-refractivity contribution in [3.63, 3.8) is 0 Å². The first-order valence-electron chi connectivity index (χ1n) is 5.02. The maximum atomic E-state index is 9.91. The number of anilines is 1. The molecule has 0 unspecified atom stereocenters. The first-order valence-corrected chi connectivity index (χ1v) is 5.02. The van der Waals surface area contributed by atoms with Crippen LogP contribution in [-0.4, -0.2) is 10.3 Å². The van der Waals surface area contributed by atoms with Crippen LogP contribution in [0.4, 0.5) is 5.88 Å². The number of benzene rings is 1. The first-order chi connectivity index (χ1) is 7.48. The maximum absolute atomic E-state index is 9.91. The Kier molecular flexibility index (Phi) is 2.44. The van der Waals surface area contributed by atoms with E-state index in [0.717, 1.165) is 16.7 Å². The minimum absolute atomic E-state index is 0.285. The zero-order valence-electron chi connectivity index (χ0n) is 9.27. The molecule has 1 aromatic carbocycles. The van der Waals surface area contributed by atoms with Crippen LogP contribution in [0.3, 0.4) is 0 Å². The number of aromatic nitrogens is 1. The normalized spacial score (nSPS) is 11.7. The van der Waals surface area contributed by atoms with Gasteiger partial charge in [0.2, 0.25) is 5.88 Å². The van der Waals surface area contributed by atoms with Gasteiger partial charge in [0.25, 0.3) is 0 Å². The molecule has 0 radical (unpaired) electrons. The highest BCUT2D eigenvalue weighted by molar-refractivity contribution is 5.72. The molecule has 0 aliphatic heterocycles. The number of nitrogens with zero attached hydrogens (tertiary/aromatic N) is 1.